The van der Waals surface area contributed by atoms with E-state index in [2.05, 4.69) is 25.9 Å². The topological polar surface area (TPSA) is 69.8 Å². The van der Waals surface area contributed by atoms with Gasteiger partial charge in [-0.05, 0) is 19.1 Å². The van der Waals surface area contributed by atoms with Gasteiger partial charge in [-0.3, -0.25) is 13.9 Å². The summed E-state index contributed by atoms with van der Waals surface area (Å²) in [5, 5.41) is 0.195. The summed E-state index contributed by atoms with van der Waals surface area (Å²) in [7, 11) is 1.53. The predicted molar refractivity (Wildman–Crippen MR) is 112 cm³/mol. The van der Waals surface area contributed by atoms with Crippen molar-refractivity contribution < 1.29 is 4.39 Å². The van der Waals surface area contributed by atoms with Crippen LogP contribution in [0.4, 0.5) is 4.39 Å². The van der Waals surface area contributed by atoms with Crippen LogP contribution in [0, 0.1) is 12.7 Å². The predicted octanol–water partition coefficient (Wildman–Crippen LogP) is 3.42. The Morgan fingerprint density at radius 3 is 2.52 bits per heavy atom. The van der Waals surface area contributed by atoms with E-state index in [0.29, 0.717) is 10.3 Å². The largest absolute Gasteiger partial charge is 0.332 e. The SMILES string of the molecule is Cc1ccc(-c2ncc3c(=O)n(Cc4ccc(Br)cc4F)c(=O)n(C)c3n2)cc1. The maximum absolute atomic E-state index is 14.2. The van der Waals surface area contributed by atoms with E-state index in [1.807, 2.05) is 31.2 Å². The molecule has 146 valence electrons. The molecule has 6 nitrogen and oxygen atoms in total. The molecule has 4 aromatic rings. The quantitative estimate of drug-likeness (QED) is 0.475. The highest BCUT2D eigenvalue weighted by Crippen LogP contribution is 2.18. The monoisotopic (exact) mass is 454 g/mol. The van der Waals surface area contributed by atoms with Crippen LogP contribution in [0.15, 0.2) is 62.7 Å². The Kier molecular flexibility index (Phi) is 4.87. The molecule has 0 amide bonds. The zero-order valence-corrected chi connectivity index (χ0v) is 17.3. The fourth-order valence-corrected chi connectivity index (χ4v) is 3.42. The maximum Gasteiger partial charge on any atom is 0.332 e. The first-order valence-electron chi connectivity index (χ1n) is 8.82. The number of benzene rings is 2. The van der Waals surface area contributed by atoms with E-state index in [-0.39, 0.29) is 23.1 Å². The average Bonchev–Trinajstić information content (AvgIpc) is 2.71. The van der Waals surface area contributed by atoms with Gasteiger partial charge in [0.15, 0.2) is 11.5 Å². The van der Waals surface area contributed by atoms with Crippen molar-refractivity contribution in [1.29, 1.82) is 0 Å². The van der Waals surface area contributed by atoms with Crippen LogP contribution in [-0.2, 0) is 13.6 Å². The zero-order valence-electron chi connectivity index (χ0n) is 15.7. The third-order valence-corrected chi connectivity index (χ3v) is 5.23. The van der Waals surface area contributed by atoms with Crippen LogP contribution in [0.5, 0.6) is 0 Å². The molecule has 0 bridgehead atoms. The van der Waals surface area contributed by atoms with Crippen molar-refractivity contribution in [2.75, 3.05) is 0 Å². The van der Waals surface area contributed by atoms with Crippen molar-refractivity contribution in [3.05, 3.63) is 90.9 Å². The smallest absolute Gasteiger partial charge is 0.280 e. The molecule has 0 aliphatic rings. The van der Waals surface area contributed by atoms with Crippen LogP contribution in [0.2, 0.25) is 0 Å². The van der Waals surface area contributed by atoms with Crippen LogP contribution in [0.25, 0.3) is 22.4 Å². The number of hydrogen-bond donors (Lipinski definition) is 0. The average molecular weight is 455 g/mol. The lowest BCUT2D eigenvalue weighted by molar-refractivity contribution is 0.582. The van der Waals surface area contributed by atoms with Crippen molar-refractivity contribution in [3.63, 3.8) is 0 Å². The molecule has 29 heavy (non-hydrogen) atoms. The minimum absolute atomic E-state index is 0.180. The molecule has 2 heterocycles. The summed E-state index contributed by atoms with van der Waals surface area (Å²) in [4.78, 5) is 34.5. The van der Waals surface area contributed by atoms with E-state index in [1.54, 1.807) is 6.07 Å². The maximum atomic E-state index is 14.2. The molecule has 0 radical (unpaired) electrons. The minimum Gasteiger partial charge on any atom is -0.280 e. The molecule has 0 spiro atoms. The Bertz CT molecular complexity index is 1360. The molecule has 0 N–H and O–H groups in total. The highest BCUT2D eigenvalue weighted by Gasteiger charge is 2.15. The number of fused-ring (bicyclic) bond motifs is 1. The molecule has 8 heteroatoms. The van der Waals surface area contributed by atoms with E-state index < -0.39 is 17.1 Å². The van der Waals surface area contributed by atoms with Crippen molar-refractivity contribution >= 4 is 27.0 Å². The molecule has 0 saturated carbocycles. The van der Waals surface area contributed by atoms with Crippen molar-refractivity contribution in [2.24, 2.45) is 7.05 Å². The first-order chi connectivity index (χ1) is 13.8. The van der Waals surface area contributed by atoms with Crippen LogP contribution in [-0.4, -0.2) is 19.1 Å². The molecular weight excluding hydrogens is 439 g/mol. The number of rotatable bonds is 3. The number of aryl methyl sites for hydroxylation is 2. The van der Waals surface area contributed by atoms with Gasteiger partial charge in [0.1, 0.15) is 11.2 Å². The van der Waals surface area contributed by atoms with Crippen LogP contribution >= 0.6 is 15.9 Å². The van der Waals surface area contributed by atoms with Gasteiger partial charge in [0.2, 0.25) is 0 Å². The molecular formula is C21H16BrFN4O2. The number of aromatic nitrogens is 4. The van der Waals surface area contributed by atoms with Gasteiger partial charge in [0.05, 0.1) is 6.54 Å². The van der Waals surface area contributed by atoms with Crippen LogP contribution < -0.4 is 11.2 Å². The summed E-state index contributed by atoms with van der Waals surface area (Å²) < 4.78 is 17.1. The van der Waals surface area contributed by atoms with Crippen molar-refractivity contribution in [3.8, 4) is 11.4 Å². The summed E-state index contributed by atoms with van der Waals surface area (Å²) in [6, 6.07) is 12.1. The molecule has 0 aliphatic heterocycles. The van der Waals surface area contributed by atoms with Crippen molar-refractivity contribution in [2.45, 2.75) is 13.5 Å². The highest BCUT2D eigenvalue weighted by molar-refractivity contribution is 9.10. The van der Waals surface area contributed by atoms with Gasteiger partial charge in [0.25, 0.3) is 5.56 Å². The molecule has 2 aromatic heterocycles. The molecule has 0 aliphatic carbocycles. The van der Waals surface area contributed by atoms with Gasteiger partial charge in [-0.2, -0.15) is 0 Å². The third-order valence-electron chi connectivity index (χ3n) is 4.73. The van der Waals surface area contributed by atoms with E-state index in [1.165, 1.54) is 29.9 Å². The molecule has 0 atom stereocenters. The number of nitrogens with zero attached hydrogens (tertiary/aromatic N) is 4. The van der Waals surface area contributed by atoms with Crippen LogP contribution in [0.3, 0.4) is 0 Å². The molecule has 0 saturated heterocycles. The van der Waals surface area contributed by atoms with Gasteiger partial charge in [-0.25, -0.2) is 19.2 Å². The fraction of sp³-hybridized carbons (Fsp3) is 0.143. The normalized spacial score (nSPS) is 11.2. The lowest BCUT2D eigenvalue weighted by Crippen LogP contribution is -2.40. The second kappa shape index (κ2) is 7.36. The van der Waals surface area contributed by atoms with E-state index in [0.717, 1.165) is 15.7 Å². The fourth-order valence-electron chi connectivity index (χ4n) is 3.08. The Morgan fingerprint density at radius 1 is 1.10 bits per heavy atom. The van der Waals surface area contributed by atoms with Gasteiger partial charge in [-0.1, -0.05) is 51.8 Å². The zero-order chi connectivity index (χ0) is 20.7. The summed E-state index contributed by atoms with van der Waals surface area (Å²) >= 11 is 3.19. The molecule has 4 rings (SSSR count). The van der Waals surface area contributed by atoms with E-state index >= 15 is 0 Å². The molecule has 2 aromatic carbocycles. The number of halogens is 2. The second-order valence-electron chi connectivity index (χ2n) is 6.77. The highest BCUT2D eigenvalue weighted by atomic mass is 79.9. The van der Waals surface area contributed by atoms with E-state index in [4.69, 9.17) is 0 Å². The minimum atomic E-state index is -0.571. The Morgan fingerprint density at radius 2 is 1.83 bits per heavy atom. The summed E-state index contributed by atoms with van der Waals surface area (Å²) in [5.41, 5.74) is 1.23. The molecule has 0 unspecified atom stereocenters. The number of hydrogen-bond acceptors (Lipinski definition) is 4. The first kappa shape index (κ1) is 19.2. The van der Waals surface area contributed by atoms with Crippen molar-refractivity contribution in [1.82, 2.24) is 19.1 Å². The van der Waals surface area contributed by atoms with E-state index in [9.17, 15) is 14.0 Å². The van der Waals surface area contributed by atoms with Crippen LogP contribution in [0.1, 0.15) is 11.1 Å². The molecule has 0 fully saturated rings. The summed E-state index contributed by atoms with van der Waals surface area (Å²) in [6.45, 7) is 1.80. The Balaban J connectivity index is 1.86. The lowest BCUT2D eigenvalue weighted by Gasteiger charge is -2.11. The summed E-state index contributed by atoms with van der Waals surface area (Å²) in [5.74, 6) is -0.0806. The lowest BCUT2D eigenvalue weighted by atomic mass is 10.1. The first-order valence-corrected chi connectivity index (χ1v) is 9.62. The third kappa shape index (κ3) is 3.51. The van der Waals surface area contributed by atoms with Gasteiger partial charge >= 0.3 is 5.69 Å². The van der Waals surface area contributed by atoms with Gasteiger partial charge in [0, 0.05) is 28.8 Å². The summed E-state index contributed by atoms with van der Waals surface area (Å²) in [6.07, 6.45) is 1.41. The second-order valence-corrected chi connectivity index (χ2v) is 7.68. The Labute approximate surface area is 173 Å². The van der Waals surface area contributed by atoms with Gasteiger partial charge < -0.3 is 0 Å². The standard InChI is InChI=1S/C21H16BrFN4O2/c1-12-3-5-13(6-4-12)18-24-10-16-19(25-18)26(2)21(29)27(20(16)28)11-14-7-8-15(22)9-17(14)23/h3-10H,11H2,1-2H3. The Hall–Kier alpha value is -3.13. The van der Waals surface area contributed by atoms with Gasteiger partial charge in [-0.15, -0.1) is 0 Å².